The molecular formula is C10H17N3O4S. The zero-order valence-electron chi connectivity index (χ0n) is 10.5. The number of carboxylic acids is 1. The van der Waals surface area contributed by atoms with Crippen LogP contribution in [0.2, 0.25) is 0 Å². The number of carbonyl (C=O) groups is 1. The molecule has 7 nitrogen and oxygen atoms in total. The molecule has 0 aliphatic heterocycles. The van der Waals surface area contributed by atoms with Crippen LogP contribution in [0.3, 0.4) is 0 Å². The number of nitrogens with zero attached hydrogens (tertiary/aromatic N) is 2. The topological polar surface area (TPSA) is 103 Å². The van der Waals surface area contributed by atoms with Crippen molar-refractivity contribution < 1.29 is 18.3 Å². The van der Waals surface area contributed by atoms with Crippen molar-refractivity contribution in [3.63, 3.8) is 0 Å². The second-order valence-electron chi connectivity index (χ2n) is 4.21. The van der Waals surface area contributed by atoms with Gasteiger partial charge in [-0.1, -0.05) is 0 Å². The second-order valence-corrected chi connectivity index (χ2v) is 6.07. The smallest absolute Gasteiger partial charge is 0.304 e. The van der Waals surface area contributed by atoms with Crippen LogP contribution in [0.15, 0.2) is 11.1 Å². The number of hydrogen-bond donors (Lipinski definition) is 2. The number of aryl methyl sites for hydroxylation is 1. The van der Waals surface area contributed by atoms with Gasteiger partial charge in [0.15, 0.2) is 0 Å². The fourth-order valence-corrected chi connectivity index (χ4v) is 3.35. The van der Waals surface area contributed by atoms with Crippen molar-refractivity contribution in [2.45, 2.75) is 38.1 Å². The van der Waals surface area contributed by atoms with E-state index in [-0.39, 0.29) is 23.9 Å². The molecule has 1 heterocycles. The number of hydrogen-bond acceptors (Lipinski definition) is 4. The highest BCUT2D eigenvalue weighted by molar-refractivity contribution is 7.89. The van der Waals surface area contributed by atoms with Crippen LogP contribution in [0, 0.1) is 6.92 Å². The molecule has 0 atom stereocenters. The van der Waals surface area contributed by atoms with Gasteiger partial charge in [0.25, 0.3) is 0 Å². The third kappa shape index (κ3) is 3.08. The highest BCUT2D eigenvalue weighted by Gasteiger charge is 2.29. The van der Waals surface area contributed by atoms with E-state index >= 15 is 0 Å². The van der Waals surface area contributed by atoms with Crippen molar-refractivity contribution in [2.75, 3.05) is 6.54 Å². The van der Waals surface area contributed by atoms with E-state index in [0.717, 1.165) is 0 Å². The zero-order chi connectivity index (χ0) is 13.9. The van der Waals surface area contributed by atoms with Gasteiger partial charge in [-0.25, -0.2) is 8.42 Å². The predicted octanol–water partition coefficient (Wildman–Crippen LogP) is 0.592. The summed E-state index contributed by atoms with van der Waals surface area (Å²) in [6.45, 7) is 4.96. The van der Waals surface area contributed by atoms with Crippen LogP contribution >= 0.6 is 0 Å². The fourth-order valence-electron chi connectivity index (χ4n) is 1.59. The van der Waals surface area contributed by atoms with E-state index in [4.69, 9.17) is 5.11 Å². The molecule has 0 bridgehead atoms. The molecular weight excluding hydrogens is 258 g/mol. The largest absolute Gasteiger partial charge is 0.481 e. The monoisotopic (exact) mass is 275 g/mol. The van der Waals surface area contributed by atoms with Gasteiger partial charge in [-0.2, -0.15) is 9.40 Å². The molecule has 0 unspecified atom stereocenters. The van der Waals surface area contributed by atoms with Crippen molar-refractivity contribution in [2.24, 2.45) is 0 Å². The summed E-state index contributed by atoms with van der Waals surface area (Å²) in [6, 6.07) is -0.316. The number of H-pyrrole nitrogens is 1. The molecule has 0 radical (unpaired) electrons. The molecule has 1 aromatic heterocycles. The van der Waals surface area contributed by atoms with Gasteiger partial charge in [-0.15, -0.1) is 0 Å². The lowest BCUT2D eigenvalue weighted by Gasteiger charge is -2.24. The first kappa shape index (κ1) is 14.7. The normalized spacial score (nSPS) is 12.3. The van der Waals surface area contributed by atoms with E-state index in [1.54, 1.807) is 20.8 Å². The number of carboxylic acid groups (broad SMARTS) is 1. The van der Waals surface area contributed by atoms with Crippen LogP contribution in [0.4, 0.5) is 0 Å². The average Bonchev–Trinajstić information content (AvgIpc) is 2.63. The number of aliphatic carboxylic acids is 1. The Balaban J connectivity index is 3.05. The molecule has 8 heteroatoms. The molecule has 0 fully saturated rings. The summed E-state index contributed by atoms with van der Waals surface area (Å²) in [5.74, 6) is -1.03. The van der Waals surface area contributed by atoms with Crippen LogP contribution in [-0.2, 0) is 14.8 Å². The minimum atomic E-state index is -3.71. The van der Waals surface area contributed by atoms with E-state index in [0.29, 0.717) is 5.69 Å². The highest BCUT2D eigenvalue weighted by atomic mass is 32.2. The van der Waals surface area contributed by atoms with Crippen molar-refractivity contribution in [1.82, 2.24) is 14.5 Å². The maximum Gasteiger partial charge on any atom is 0.304 e. The number of rotatable bonds is 6. The quantitative estimate of drug-likeness (QED) is 0.791. The van der Waals surface area contributed by atoms with Gasteiger partial charge in [0.1, 0.15) is 4.90 Å². The minimum Gasteiger partial charge on any atom is -0.481 e. The second kappa shape index (κ2) is 5.49. The predicted molar refractivity (Wildman–Crippen MR) is 64.6 cm³/mol. The maximum absolute atomic E-state index is 12.3. The van der Waals surface area contributed by atoms with Gasteiger partial charge in [-0.05, 0) is 20.8 Å². The molecule has 0 spiro atoms. The van der Waals surface area contributed by atoms with Crippen molar-refractivity contribution in [3.05, 3.63) is 11.9 Å². The molecule has 102 valence electrons. The molecule has 0 aliphatic rings. The van der Waals surface area contributed by atoms with Gasteiger partial charge in [-0.3, -0.25) is 9.89 Å². The third-order valence-corrected chi connectivity index (χ3v) is 4.68. The maximum atomic E-state index is 12.3. The summed E-state index contributed by atoms with van der Waals surface area (Å²) in [4.78, 5) is 10.7. The van der Waals surface area contributed by atoms with Gasteiger partial charge >= 0.3 is 5.97 Å². The van der Waals surface area contributed by atoms with E-state index in [1.807, 2.05) is 0 Å². The first-order valence-electron chi connectivity index (χ1n) is 5.50. The molecule has 0 amide bonds. The summed E-state index contributed by atoms with van der Waals surface area (Å²) >= 11 is 0. The molecule has 0 saturated carbocycles. The van der Waals surface area contributed by atoms with Gasteiger partial charge in [0.2, 0.25) is 10.0 Å². The van der Waals surface area contributed by atoms with Crippen LogP contribution in [0.1, 0.15) is 26.0 Å². The number of aromatic nitrogens is 2. The third-order valence-electron chi connectivity index (χ3n) is 2.49. The van der Waals surface area contributed by atoms with E-state index in [2.05, 4.69) is 10.2 Å². The lowest BCUT2D eigenvalue weighted by Crippen LogP contribution is -2.38. The fraction of sp³-hybridized carbons (Fsp3) is 0.600. The van der Waals surface area contributed by atoms with E-state index in [9.17, 15) is 13.2 Å². The Hall–Kier alpha value is -1.41. The molecule has 1 rings (SSSR count). The summed E-state index contributed by atoms with van der Waals surface area (Å²) in [5.41, 5.74) is 0.441. The Bertz CT molecular complexity index is 521. The lowest BCUT2D eigenvalue weighted by atomic mass is 10.3. The molecule has 18 heavy (non-hydrogen) atoms. The molecule has 2 N–H and O–H groups in total. The summed E-state index contributed by atoms with van der Waals surface area (Å²) in [5, 5.41) is 14.9. The minimum absolute atomic E-state index is 0.0556. The van der Waals surface area contributed by atoms with E-state index < -0.39 is 16.0 Å². The van der Waals surface area contributed by atoms with Crippen LogP contribution in [0.5, 0.6) is 0 Å². The van der Waals surface area contributed by atoms with Gasteiger partial charge in [0, 0.05) is 12.6 Å². The van der Waals surface area contributed by atoms with Crippen molar-refractivity contribution in [3.8, 4) is 0 Å². The molecule has 0 aromatic carbocycles. The van der Waals surface area contributed by atoms with Gasteiger partial charge < -0.3 is 5.11 Å². The zero-order valence-corrected chi connectivity index (χ0v) is 11.4. The highest BCUT2D eigenvalue weighted by Crippen LogP contribution is 2.20. The Morgan fingerprint density at radius 1 is 1.56 bits per heavy atom. The van der Waals surface area contributed by atoms with Crippen molar-refractivity contribution in [1.29, 1.82) is 0 Å². The molecule has 0 aliphatic carbocycles. The lowest BCUT2D eigenvalue weighted by molar-refractivity contribution is -0.137. The van der Waals surface area contributed by atoms with Crippen LogP contribution in [0.25, 0.3) is 0 Å². The van der Waals surface area contributed by atoms with Crippen LogP contribution < -0.4 is 0 Å². The van der Waals surface area contributed by atoms with E-state index in [1.165, 1.54) is 10.5 Å². The molecule has 0 saturated heterocycles. The Kier molecular flexibility index (Phi) is 4.47. The van der Waals surface area contributed by atoms with Crippen molar-refractivity contribution >= 4 is 16.0 Å². The number of nitrogens with one attached hydrogen (secondary N) is 1. The first-order chi connectivity index (χ1) is 8.26. The average molecular weight is 275 g/mol. The SMILES string of the molecule is Cc1[nH]ncc1S(=O)(=O)N(CCC(=O)O)C(C)C. The summed E-state index contributed by atoms with van der Waals surface area (Å²) < 4.78 is 25.8. The summed E-state index contributed by atoms with van der Waals surface area (Å²) in [6.07, 6.45) is 1.01. The Labute approximate surface area is 106 Å². The van der Waals surface area contributed by atoms with Crippen LogP contribution in [-0.4, -0.2) is 46.6 Å². The van der Waals surface area contributed by atoms with Gasteiger partial charge in [0.05, 0.1) is 18.3 Å². The molecule has 1 aromatic rings. The Morgan fingerprint density at radius 3 is 2.56 bits per heavy atom. The standard InChI is InChI=1S/C10H17N3O4S/c1-7(2)13(5-4-10(14)15)18(16,17)9-6-11-12-8(9)3/h6-7H,4-5H2,1-3H3,(H,11,12)(H,14,15). The number of sulfonamides is 1. The number of aromatic amines is 1. The first-order valence-corrected chi connectivity index (χ1v) is 6.94. The summed E-state index contributed by atoms with van der Waals surface area (Å²) in [7, 11) is -3.71. The Morgan fingerprint density at radius 2 is 2.17 bits per heavy atom.